The molecule has 0 spiro atoms. The van der Waals surface area contributed by atoms with Crippen molar-refractivity contribution in [3.05, 3.63) is 53.1 Å². The molecule has 1 saturated heterocycles. The number of nitrogens with zero attached hydrogens (tertiary/aromatic N) is 4. The summed E-state index contributed by atoms with van der Waals surface area (Å²) in [5, 5.41) is 4.62. The summed E-state index contributed by atoms with van der Waals surface area (Å²) in [5.41, 5.74) is 3.32. The van der Waals surface area contributed by atoms with Crippen LogP contribution in [0.15, 0.2) is 30.5 Å². The molecular formula is C23H35FN4. The summed E-state index contributed by atoms with van der Waals surface area (Å²) < 4.78 is 15.9. The van der Waals surface area contributed by atoms with Gasteiger partial charge in [-0.3, -0.25) is 4.68 Å². The highest BCUT2D eigenvalue weighted by atomic mass is 19.1. The Balaban J connectivity index is 1.47. The summed E-state index contributed by atoms with van der Waals surface area (Å²) in [5.74, 6) is 0.611. The van der Waals surface area contributed by atoms with E-state index in [9.17, 15) is 4.39 Å². The lowest BCUT2D eigenvalue weighted by Gasteiger charge is -2.34. The zero-order valence-electron chi connectivity index (χ0n) is 17.7. The van der Waals surface area contributed by atoms with E-state index in [1.165, 1.54) is 18.4 Å². The van der Waals surface area contributed by atoms with Crippen molar-refractivity contribution in [2.45, 2.75) is 52.6 Å². The van der Waals surface area contributed by atoms with E-state index in [0.717, 1.165) is 63.4 Å². The Bertz CT molecular complexity index is 742. The molecule has 28 heavy (non-hydrogen) atoms. The minimum Gasteiger partial charge on any atom is -0.303 e. The Hall–Kier alpha value is -1.72. The van der Waals surface area contributed by atoms with E-state index in [2.05, 4.69) is 46.7 Å². The zero-order chi connectivity index (χ0) is 19.9. The van der Waals surface area contributed by atoms with Gasteiger partial charge in [0.05, 0.1) is 5.69 Å². The lowest BCUT2D eigenvalue weighted by molar-refractivity contribution is 0.142. The third-order valence-electron chi connectivity index (χ3n) is 5.77. The van der Waals surface area contributed by atoms with E-state index in [1.54, 1.807) is 12.1 Å². The average Bonchev–Trinajstić information content (AvgIpc) is 3.00. The van der Waals surface area contributed by atoms with Crippen LogP contribution < -0.4 is 0 Å². The molecule has 0 saturated carbocycles. The number of aromatic nitrogens is 2. The summed E-state index contributed by atoms with van der Waals surface area (Å²) in [6.45, 7) is 10.6. The molecule has 5 heteroatoms. The van der Waals surface area contributed by atoms with Gasteiger partial charge >= 0.3 is 0 Å². The Labute approximate surface area is 169 Å². The predicted molar refractivity (Wildman–Crippen MR) is 113 cm³/mol. The topological polar surface area (TPSA) is 24.3 Å². The maximum Gasteiger partial charge on any atom is 0.126 e. The molecule has 1 unspecified atom stereocenters. The molecule has 2 aromatic rings. The number of halogens is 1. The van der Waals surface area contributed by atoms with Crippen molar-refractivity contribution >= 4 is 0 Å². The monoisotopic (exact) mass is 386 g/mol. The molecule has 1 aromatic heterocycles. The standard InChI is InChI=1S/C23H35FN4/c1-4-12-28-18-22(19(2)25-28)17-26(3)15-20-8-7-13-27(16-20)14-11-21-9-5-6-10-23(21)24/h5-6,9-10,18,20H,4,7-8,11-17H2,1-3H3. The van der Waals surface area contributed by atoms with Gasteiger partial charge in [0.25, 0.3) is 0 Å². The molecule has 4 nitrogen and oxygen atoms in total. The Morgan fingerprint density at radius 1 is 1.21 bits per heavy atom. The molecule has 1 aromatic carbocycles. The predicted octanol–water partition coefficient (Wildman–Crippen LogP) is 4.13. The van der Waals surface area contributed by atoms with E-state index in [4.69, 9.17) is 0 Å². The molecule has 1 atom stereocenters. The lowest BCUT2D eigenvalue weighted by Crippen LogP contribution is -2.40. The van der Waals surface area contributed by atoms with Crippen LogP contribution in [-0.4, -0.2) is 52.8 Å². The van der Waals surface area contributed by atoms with Crippen molar-refractivity contribution in [3.63, 3.8) is 0 Å². The van der Waals surface area contributed by atoms with Gasteiger partial charge in [0, 0.05) is 44.5 Å². The molecule has 0 N–H and O–H groups in total. The Morgan fingerprint density at radius 2 is 2.04 bits per heavy atom. The van der Waals surface area contributed by atoms with Crippen molar-refractivity contribution in [3.8, 4) is 0 Å². The maximum absolute atomic E-state index is 13.9. The summed E-state index contributed by atoms with van der Waals surface area (Å²) in [6.07, 6.45) is 6.64. The fourth-order valence-corrected chi connectivity index (χ4v) is 4.34. The number of hydrogen-bond acceptors (Lipinski definition) is 3. The minimum absolute atomic E-state index is 0.0743. The van der Waals surface area contributed by atoms with E-state index in [-0.39, 0.29) is 5.82 Å². The fraction of sp³-hybridized carbons (Fsp3) is 0.609. The first-order chi connectivity index (χ1) is 13.5. The highest BCUT2D eigenvalue weighted by Gasteiger charge is 2.21. The van der Waals surface area contributed by atoms with Gasteiger partial charge < -0.3 is 9.80 Å². The normalized spacial score (nSPS) is 18.1. The van der Waals surface area contributed by atoms with Crippen LogP contribution in [0.1, 0.15) is 43.0 Å². The molecule has 0 amide bonds. The van der Waals surface area contributed by atoms with Crippen LogP contribution in [0, 0.1) is 18.7 Å². The van der Waals surface area contributed by atoms with Gasteiger partial charge in [-0.1, -0.05) is 25.1 Å². The van der Waals surface area contributed by atoms with Gasteiger partial charge in [-0.15, -0.1) is 0 Å². The number of benzene rings is 1. The first-order valence-electron chi connectivity index (χ1n) is 10.7. The van der Waals surface area contributed by atoms with E-state index >= 15 is 0 Å². The third-order valence-corrected chi connectivity index (χ3v) is 5.77. The van der Waals surface area contributed by atoms with E-state index in [0.29, 0.717) is 5.92 Å². The van der Waals surface area contributed by atoms with E-state index < -0.39 is 0 Å². The highest BCUT2D eigenvalue weighted by molar-refractivity contribution is 5.17. The summed E-state index contributed by atoms with van der Waals surface area (Å²) in [6, 6.07) is 7.16. The van der Waals surface area contributed by atoms with Crippen LogP contribution in [0.3, 0.4) is 0 Å². The summed E-state index contributed by atoms with van der Waals surface area (Å²) in [7, 11) is 2.22. The second kappa shape index (κ2) is 10.2. The highest BCUT2D eigenvalue weighted by Crippen LogP contribution is 2.19. The van der Waals surface area contributed by atoms with Crippen LogP contribution in [0.5, 0.6) is 0 Å². The second-order valence-electron chi connectivity index (χ2n) is 8.35. The summed E-state index contributed by atoms with van der Waals surface area (Å²) >= 11 is 0. The fourth-order valence-electron chi connectivity index (χ4n) is 4.34. The minimum atomic E-state index is -0.0743. The lowest BCUT2D eigenvalue weighted by atomic mass is 9.97. The molecule has 1 aliphatic heterocycles. The van der Waals surface area contributed by atoms with Crippen molar-refractivity contribution < 1.29 is 4.39 Å². The second-order valence-corrected chi connectivity index (χ2v) is 8.35. The van der Waals surface area contributed by atoms with Crippen LogP contribution >= 0.6 is 0 Å². The largest absolute Gasteiger partial charge is 0.303 e. The van der Waals surface area contributed by atoms with Crippen molar-refractivity contribution in [1.82, 2.24) is 19.6 Å². The average molecular weight is 387 g/mol. The molecule has 3 rings (SSSR count). The quantitative estimate of drug-likeness (QED) is 0.648. The number of rotatable bonds is 9. The van der Waals surface area contributed by atoms with Crippen molar-refractivity contribution in [2.75, 3.05) is 33.2 Å². The molecule has 0 aliphatic carbocycles. The van der Waals surface area contributed by atoms with Crippen LogP contribution in [0.25, 0.3) is 0 Å². The van der Waals surface area contributed by atoms with Crippen LogP contribution in [-0.2, 0) is 19.5 Å². The van der Waals surface area contributed by atoms with Gasteiger partial charge in [0.1, 0.15) is 5.82 Å². The first-order valence-corrected chi connectivity index (χ1v) is 10.7. The number of likely N-dealkylation sites (tertiary alicyclic amines) is 1. The number of aryl methyl sites for hydroxylation is 2. The number of piperidine rings is 1. The van der Waals surface area contributed by atoms with Crippen LogP contribution in [0.2, 0.25) is 0 Å². The third kappa shape index (κ3) is 5.89. The van der Waals surface area contributed by atoms with E-state index in [1.807, 2.05) is 12.1 Å². The van der Waals surface area contributed by atoms with Gasteiger partial charge in [-0.05, 0) is 63.7 Å². The molecule has 154 valence electrons. The zero-order valence-corrected chi connectivity index (χ0v) is 17.7. The number of hydrogen-bond donors (Lipinski definition) is 0. The molecule has 2 heterocycles. The SMILES string of the molecule is CCCn1cc(CN(C)CC2CCCN(CCc3ccccc3F)C2)c(C)n1. The Morgan fingerprint density at radius 3 is 2.82 bits per heavy atom. The maximum atomic E-state index is 13.9. The molecule has 0 bridgehead atoms. The summed E-state index contributed by atoms with van der Waals surface area (Å²) in [4.78, 5) is 4.95. The van der Waals surface area contributed by atoms with Crippen molar-refractivity contribution in [1.29, 1.82) is 0 Å². The van der Waals surface area contributed by atoms with Gasteiger partial charge in [0.2, 0.25) is 0 Å². The van der Waals surface area contributed by atoms with Gasteiger partial charge in [-0.25, -0.2) is 4.39 Å². The first kappa shape index (κ1) is 21.0. The van der Waals surface area contributed by atoms with Crippen LogP contribution in [0.4, 0.5) is 4.39 Å². The van der Waals surface area contributed by atoms with Gasteiger partial charge in [-0.2, -0.15) is 5.10 Å². The smallest absolute Gasteiger partial charge is 0.126 e. The van der Waals surface area contributed by atoms with Crippen molar-refractivity contribution in [2.24, 2.45) is 5.92 Å². The molecule has 0 radical (unpaired) electrons. The Kier molecular flexibility index (Phi) is 7.63. The molecular weight excluding hydrogens is 351 g/mol. The molecule has 1 aliphatic rings. The van der Waals surface area contributed by atoms with Gasteiger partial charge in [0.15, 0.2) is 0 Å². The molecule has 1 fully saturated rings.